The van der Waals surface area contributed by atoms with Crippen LogP contribution in [0.3, 0.4) is 0 Å². The lowest BCUT2D eigenvalue weighted by molar-refractivity contribution is -0.115. The number of fused-ring (bicyclic) bond motifs is 1. The molecule has 124 valence electrons. The molecule has 2 amide bonds. The number of amides is 2. The molecule has 0 unspecified atom stereocenters. The fraction of sp³-hybridized carbons (Fsp3) is 0.353. The number of aromatic amines is 1. The molecule has 24 heavy (non-hydrogen) atoms. The molecule has 0 bridgehead atoms. The highest BCUT2D eigenvalue weighted by atomic mass is 16.2. The molecule has 0 atom stereocenters. The summed E-state index contributed by atoms with van der Waals surface area (Å²) in [4.78, 5) is 26.0. The minimum Gasteiger partial charge on any atom is -0.351 e. The summed E-state index contributed by atoms with van der Waals surface area (Å²) in [5.74, 6) is 0.836. The zero-order chi connectivity index (χ0) is 16.7. The quantitative estimate of drug-likeness (QED) is 0.802. The van der Waals surface area contributed by atoms with Crippen molar-refractivity contribution in [2.45, 2.75) is 25.7 Å². The van der Waals surface area contributed by atoms with Crippen molar-refractivity contribution in [1.82, 2.24) is 10.2 Å². The number of H-pyrrole nitrogens is 1. The molecule has 3 N–H and O–H groups in total. The number of hydrogen-bond acceptors (Lipinski definition) is 4. The van der Waals surface area contributed by atoms with Gasteiger partial charge in [-0.2, -0.15) is 5.10 Å². The van der Waals surface area contributed by atoms with Gasteiger partial charge >= 0.3 is 0 Å². The van der Waals surface area contributed by atoms with Gasteiger partial charge in [-0.3, -0.25) is 14.7 Å². The Balaban J connectivity index is 1.47. The molecule has 1 saturated carbocycles. The van der Waals surface area contributed by atoms with Crippen LogP contribution in [-0.4, -0.2) is 35.1 Å². The van der Waals surface area contributed by atoms with Crippen molar-refractivity contribution < 1.29 is 9.59 Å². The molecule has 1 aliphatic heterocycles. The third-order valence-corrected chi connectivity index (χ3v) is 4.48. The lowest BCUT2D eigenvalue weighted by atomic mass is 10.2. The Morgan fingerprint density at radius 3 is 2.96 bits per heavy atom. The van der Waals surface area contributed by atoms with Crippen LogP contribution in [0.2, 0.25) is 0 Å². The van der Waals surface area contributed by atoms with Crippen molar-refractivity contribution in [3.8, 4) is 0 Å². The molecule has 4 rings (SSSR count). The number of carbonyl (C=O) groups excluding carboxylic acids is 2. The number of rotatable bonds is 4. The molecule has 2 aliphatic rings. The second kappa shape index (κ2) is 5.67. The Labute approximate surface area is 139 Å². The highest BCUT2D eigenvalue weighted by Gasteiger charge is 2.29. The van der Waals surface area contributed by atoms with Gasteiger partial charge in [0, 0.05) is 17.2 Å². The van der Waals surface area contributed by atoms with Gasteiger partial charge in [0.05, 0.1) is 24.5 Å². The number of nitrogens with zero attached hydrogens (tertiary/aromatic N) is 2. The molecule has 1 fully saturated rings. The number of para-hydroxylation sites is 2. The van der Waals surface area contributed by atoms with Gasteiger partial charge in [0.1, 0.15) is 0 Å². The maximum atomic E-state index is 12.4. The van der Waals surface area contributed by atoms with Crippen molar-refractivity contribution in [2.75, 3.05) is 28.6 Å². The topological polar surface area (TPSA) is 90.1 Å². The van der Waals surface area contributed by atoms with Crippen LogP contribution in [0.4, 0.5) is 17.2 Å². The molecule has 1 aromatic carbocycles. The Morgan fingerprint density at radius 1 is 1.38 bits per heavy atom. The summed E-state index contributed by atoms with van der Waals surface area (Å²) in [6, 6.07) is 7.47. The van der Waals surface area contributed by atoms with Gasteiger partial charge in [0.15, 0.2) is 5.82 Å². The van der Waals surface area contributed by atoms with Crippen molar-refractivity contribution >= 4 is 29.0 Å². The Morgan fingerprint density at radius 2 is 2.17 bits per heavy atom. The van der Waals surface area contributed by atoms with Crippen molar-refractivity contribution in [1.29, 1.82) is 0 Å². The van der Waals surface area contributed by atoms with Crippen LogP contribution in [0, 0.1) is 6.92 Å². The van der Waals surface area contributed by atoms with E-state index in [9.17, 15) is 9.59 Å². The zero-order valence-electron chi connectivity index (χ0n) is 13.4. The highest BCUT2D eigenvalue weighted by Crippen LogP contribution is 2.41. The van der Waals surface area contributed by atoms with Crippen LogP contribution >= 0.6 is 0 Å². The average Bonchev–Trinajstić information content (AvgIpc) is 3.33. The molecule has 0 spiro atoms. The maximum Gasteiger partial charge on any atom is 0.245 e. The van der Waals surface area contributed by atoms with Crippen LogP contribution in [0.15, 0.2) is 24.3 Å². The summed E-state index contributed by atoms with van der Waals surface area (Å²) in [5.41, 5.74) is 3.70. The monoisotopic (exact) mass is 325 g/mol. The maximum absolute atomic E-state index is 12.4. The van der Waals surface area contributed by atoms with E-state index in [0.717, 1.165) is 22.6 Å². The molecule has 2 heterocycles. The number of aromatic nitrogens is 2. The summed E-state index contributed by atoms with van der Waals surface area (Å²) in [5, 5.41) is 12.9. The summed E-state index contributed by atoms with van der Waals surface area (Å²) in [6.45, 7) is 2.24. The average molecular weight is 325 g/mol. The van der Waals surface area contributed by atoms with E-state index in [1.165, 1.54) is 12.8 Å². The summed E-state index contributed by atoms with van der Waals surface area (Å²) < 4.78 is 0. The Bertz CT molecular complexity index is 809. The molecule has 7 nitrogen and oxygen atoms in total. The summed E-state index contributed by atoms with van der Waals surface area (Å²) in [6.07, 6.45) is 2.35. The van der Waals surface area contributed by atoms with Crippen LogP contribution < -0.4 is 15.5 Å². The van der Waals surface area contributed by atoms with Crippen molar-refractivity contribution in [2.24, 2.45) is 0 Å². The third-order valence-electron chi connectivity index (χ3n) is 4.48. The van der Waals surface area contributed by atoms with Crippen LogP contribution in [0.1, 0.15) is 30.0 Å². The van der Waals surface area contributed by atoms with E-state index >= 15 is 0 Å². The smallest absolute Gasteiger partial charge is 0.245 e. The molecule has 1 aliphatic carbocycles. The van der Waals surface area contributed by atoms with Gasteiger partial charge < -0.3 is 15.5 Å². The second-order valence-electron chi connectivity index (χ2n) is 6.35. The Kier molecular flexibility index (Phi) is 3.48. The minimum atomic E-state index is -0.184. The zero-order valence-corrected chi connectivity index (χ0v) is 13.4. The second-order valence-corrected chi connectivity index (χ2v) is 6.35. The standard InChI is InChI=1S/C17H19N5O2/c1-10-16(11-6-7-11)20-21-17(10)19-15(24)9-22-8-14(23)18-12-4-2-3-5-13(12)22/h2-5,11H,6-9H2,1H3,(H,18,23)(H2,19,20,21,24). The lowest BCUT2D eigenvalue weighted by Gasteiger charge is -2.30. The number of nitrogens with one attached hydrogen (secondary N) is 3. The number of hydrogen-bond donors (Lipinski definition) is 3. The van der Waals surface area contributed by atoms with Crippen LogP contribution in [0.25, 0.3) is 0 Å². The molecule has 0 saturated heterocycles. The predicted molar refractivity (Wildman–Crippen MR) is 91.2 cm³/mol. The van der Waals surface area contributed by atoms with E-state index in [2.05, 4.69) is 20.8 Å². The normalized spacial score (nSPS) is 16.5. The van der Waals surface area contributed by atoms with E-state index < -0.39 is 0 Å². The van der Waals surface area contributed by atoms with E-state index in [0.29, 0.717) is 11.7 Å². The van der Waals surface area contributed by atoms with Gasteiger partial charge in [-0.05, 0) is 31.9 Å². The first-order chi connectivity index (χ1) is 11.6. The van der Waals surface area contributed by atoms with E-state index in [-0.39, 0.29) is 24.9 Å². The molecule has 0 radical (unpaired) electrons. The fourth-order valence-electron chi connectivity index (χ4n) is 3.09. The fourth-order valence-corrected chi connectivity index (χ4v) is 3.09. The van der Waals surface area contributed by atoms with E-state index in [1.54, 1.807) is 4.90 Å². The highest BCUT2D eigenvalue weighted by molar-refractivity contribution is 6.03. The minimum absolute atomic E-state index is 0.107. The third kappa shape index (κ3) is 2.73. The van der Waals surface area contributed by atoms with Gasteiger partial charge in [-0.15, -0.1) is 0 Å². The van der Waals surface area contributed by atoms with Crippen molar-refractivity contribution in [3.05, 3.63) is 35.5 Å². The van der Waals surface area contributed by atoms with E-state index in [1.807, 2.05) is 31.2 Å². The predicted octanol–water partition coefficient (Wildman–Crippen LogP) is 1.99. The first-order valence-corrected chi connectivity index (χ1v) is 8.10. The van der Waals surface area contributed by atoms with Crippen molar-refractivity contribution in [3.63, 3.8) is 0 Å². The largest absolute Gasteiger partial charge is 0.351 e. The lowest BCUT2D eigenvalue weighted by Crippen LogP contribution is -2.42. The molecule has 2 aromatic rings. The molecular weight excluding hydrogens is 306 g/mol. The summed E-state index contributed by atoms with van der Waals surface area (Å²) in [7, 11) is 0. The Hall–Kier alpha value is -2.83. The van der Waals surface area contributed by atoms with E-state index in [4.69, 9.17) is 0 Å². The van der Waals surface area contributed by atoms with Gasteiger partial charge in [-0.25, -0.2) is 0 Å². The number of anilines is 3. The van der Waals surface area contributed by atoms with Gasteiger partial charge in [0.25, 0.3) is 0 Å². The molecular formula is C17H19N5O2. The molecule has 1 aromatic heterocycles. The first kappa shape index (κ1) is 14.7. The van der Waals surface area contributed by atoms with Crippen LogP contribution in [0.5, 0.6) is 0 Å². The summed E-state index contributed by atoms with van der Waals surface area (Å²) >= 11 is 0. The van der Waals surface area contributed by atoms with Crippen LogP contribution in [-0.2, 0) is 9.59 Å². The number of carbonyl (C=O) groups is 2. The van der Waals surface area contributed by atoms with Gasteiger partial charge in [0.2, 0.25) is 11.8 Å². The van der Waals surface area contributed by atoms with Gasteiger partial charge in [-0.1, -0.05) is 12.1 Å². The first-order valence-electron chi connectivity index (χ1n) is 8.10. The number of benzene rings is 1. The SMILES string of the molecule is Cc1c(NC(=O)CN2CC(=O)Nc3ccccc32)n[nH]c1C1CC1. The molecule has 7 heteroatoms.